The average molecular weight is 226 g/mol. The second-order valence-electron chi connectivity index (χ2n) is 3.21. The van der Waals surface area contributed by atoms with Crippen LogP contribution in [0, 0.1) is 6.92 Å². The Balaban J connectivity index is 2.70. The van der Waals surface area contributed by atoms with Crippen molar-refractivity contribution < 1.29 is 15.0 Å². The highest BCUT2D eigenvalue weighted by Crippen LogP contribution is 2.23. The Morgan fingerprint density at radius 1 is 1.47 bits per heavy atom. The summed E-state index contributed by atoms with van der Waals surface area (Å²) in [5.74, 6) is -0.0472. The van der Waals surface area contributed by atoms with Gasteiger partial charge in [-0.1, -0.05) is 0 Å². The van der Waals surface area contributed by atoms with Gasteiger partial charge in [0.2, 0.25) is 0 Å². The molecule has 15 heavy (non-hydrogen) atoms. The molecule has 2 N–H and O–H groups in total. The topological polar surface area (TPSA) is 57.5 Å². The van der Waals surface area contributed by atoms with Gasteiger partial charge in [-0.25, -0.2) is 4.79 Å². The first-order valence-electron chi connectivity index (χ1n) is 4.72. The molecular weight excluding hydrogens is 212 g/mol. The number of hydrogen-bond donors (Lipinski definition) is 2. The van der Waals surface area contributed by atoms with E-state index < -0.39 is 5.97 Å². The van der Waals surface area contributed by atoms with Gasteiger partial charge >= 0.3 is 5.97 Å². The molecule has 0 atom stereocenters. The molecule has 0 saturated heterocycles. The normalized spacial score (nSPS) is 10.3. The van der Waals surface area contributed by atoms with Crippen LogP contribution < -0.4 is 0 Å². The number of benzene rings is 1. The van der Waals surface area contributed by atoms with Gasteiger partial charge in [0.25, 0.3) is 0 Å². The molecule has 0 saturated carbocycles. The SMILES string of the molecule is Cc1cc(C(=O)O)ccc1SCCCO. The van der Waals surface area contributed by atoms with Crippen LogP contribution in [0.5, 0.6) is 0 Å². The van der Waals surface area contributed by atoms with Gasteiger partial charge in [-0.2, -0.15) is 0 Å². The van der Waals surface area contributed by atoms with Crippen LogP contribution in [-0.2, 0) is 0 Å². The van der Waals surface area contributed by atoms with Gasteiger partial charge in [-0.3, -0.25) is 0 Å². The minimum Gasteiger partial charge on any atom is -0.478 e. The van der Waals surface area contributed by atoms with Crippen LogP contribution in [0.2, 0.25) is 0 Å². The molecule has 0 unspecified atom stereocenters. The highest BCUT2D eigenvalue weighted by Gasteiger charge is 2.05. The highest BCUT2D eigenvalue weighted by atomic mass is 32.2. The first-order chi connectivity index (χ1) is 7.15. The third-order valence-electron chi connectivity index (χ3n) is 1.98. The quantitative estimate of drug-likeness (QED) is 0.596. The molecular formula is C11H14O3S. The van der Waals surface area contributed by atoms with Gasteiger partial charge in [0, 0.05) is 17.3 Å². The van der Waals surface area contributed by atoms with Gasteiger partial charge < -0.3 is 10.2 Å². The lowest BCUT2D eigenvalue weighted by atomic mass is 10.1. The van der Waals surface area contributed by atoms with Crippen molar-refractivity contribution in [2.24, 2.45) is 0 Å². The Morgan fingerprint density at radius 2 is 2.20 bits per heavy atom. The molecule has 1 aromatic carbocycles. The van der Waals surface area contributed by atoms with Crippen molar-refractivity contribution in [2.75, 3.05) is 12.4 Å². The van der Waals surface area contributed by atoms with Crippen molar-refractivity contribution in [1.29, 1.82) is 0 Å². The fraction of sp³-hybridized carbons (Fsp3) is 0.364. The van der Waals surface area contributed by atoms with Gasteiger partial charge in [0.15, 0.2) is 0 Å². The summed E-state index contributed by atoms with van der Waals surface area (Å²) in [7, 11) is 0. The number of carbonyl (C=O) groups is 1. The number of aliphatic hydroxyl groups is 1. The van der Waals surface area contributed by atoms with Crippen molar-refractivity contribution in [3.63, 3.8) is 0 Å². The zero-order valence-corrected chi connectivity index (χ0v) is 9.38. The predicted octanol–water partition coefficient (Wildman–Crippen LogP) is 2.17. The van der Waals surface area contributed by atoms with E-state index in [2.05, 4.69) is 0 Å². The first-order valence-corrected chi connectivity index (χ1v) is 5.71. The molecule has 0 aliphatic rings. The summed E-state index contributed by atoms with van der Waals surface area (Å²) < 4.78 is 0. The summed E-state index contributed by atoms with van der Waals surface area (Å²) in [6.45, 7) is 2.09. The lowest BCUT2D eigenvalue weighted by Gasteiger charge is -2.05. The number of rotatable bonds is 5. The number of hydrogen-bond acceptors (Lipinski definition) is 3. The molecule has 0 bridgehead atoms. The van der Waals surface area contributed by atoms with E-state index in [-0.39, 0.29) is 6.61 Å². The Labute approximate surface area is 93.1 Å². The number of aromatic carboxylic acids is 1. The van der Waals surface area contributed by atoms with E-state index >= 15 is 0 Å². The monoisotopic (exact) mass is 226 g/mol. The molecule has 0 aliphatic heterocycles. The molecule has 0 aromatic heterocycles. The number of aliphatic hydroxyl groups excluding tert-OH is 1. The average Bonchev–Trinajstić information content (AvgIpc) is 2.20. The second-order valence-corrected chi connectivity index (χ2v) is 4.35. The maximum Gasteiger partial charge on any atom is 0.335 e. The third kappa shape index (κ3) is 3.57. The van der Waals surface area contributed by atoms with Crippen LogP contribution in [0.3, 0.4) is 0 Å². The smallest absolute Gasteiger partial charge is 0.335 e. The summed E-state index contributed by atoms with van der Waals surface area (Å²) in [5, 5.41) is 17.4. The van der Waals surface area contributed by atoms with Crippen molar-refractivity contribution in [3.05, 3.63) is 29.3 Å². The lowest BCUT2D eigenvalue weighted by molar-refractivity contribution is 0.0696. The van der Waals surface area contributed by atoms with Gasteiger partial charge in [0.1, 0.15) is 0 Å². The molecule has 0 radical (unpaired) electrons. The van der Waals surface area contributed by atoms with E-state index in [9.17, 15) is 4.79 Å². The summed E-state index contributed by atoms with van der Waals surface area (Å²) in [6.07, 6.45) is 0.755. The minimum absolute atomic E-state index is 0.194. The van der Waals surface area contributed by atoms with Crippen LogP contribution in [0.4, 0.5) is 0 Å². The van der Waals surface area contributed by atoms with Gasteiger partial charge in [-0.15, -0.1) is 11.8 Å². The molecule has 1 aromatic rings. The number of aryl methyl sites for hydroxylation is 1. The Bertz CT molecular complexity index is 350. The molecule has 0 spiro atoms. The molecule has 0 fully saturated rings. The number of thioether (sulfide) groups is 1. The maximum absolute atomic E-state index is 10.7. The zero-order valence-electron chi connectivity index (χ0n) is 8.56. The molecule has 0 amide bonds. The van der Waals surface area contributed by atoms with E-state index in [1.165, 1.54) is 0 Å². The lowest BCUT2D eigenvalue weighted by Crippen LogP contribution is -1.97. The van der Waals surface area contributed by atoms with E-state index in [1.54, 1.807) is 23.9 Å². The molecule has 0 heterocycles. The zero-order chi connectivity index (χ0) is 11.3. The summed E-state index contributed by atoms with van der Waals surface area (Å²) >= 11 is 1.64. The van der Waals surface area contributed by atoms with Crippen molar-refractivity contribution in [1.82, 2.24) is 0 Å². The first kappa shape index (κ1) is 12.1. The highest BCUT2D eigenvalue weighted by molar-refractivity contribution is 7.99. The fourth-order valence-corrected chi connectivity index (χ4v) is 2.14. The summed E-state index contributed by atoms with van der Waals surface area (Å²) in [6, 6.07) is 5.10. The molecule has 4 heteroatoms. The largest absolute Gasteiger partial charge is 0.478 e. The molecule has 82 valence electrons. The molecule has 0 aliphatic carbocycles. The van der Waals surface area contributed by atoms with Crippen LogP contribution in [-0.4, -0.2) is 28.5 Å². The summed E-state index contributed by atoms with van der Waals surface area (Å²) in [4.78, 5) is 11.8. The Hall–Kier alpha value is -1.000. The van der Waals surface area contributed by atoms with Crippen LogP contribution >= 0.6 is 11.8 Å². The van der Waals surface area contributed by atoms with Crippen LogP contribution in [0.1, 0.15) is 22.3 Å². The Morgan fingerprint density at radius 3 is 2.73 bits per heavy atom. The standard InChI is InChI=1S/C11H14O3S/c1-8-7-9(11(13)14)3-4-10(8)15-6-2-5-12/h3-4,7,12H,2,5-6H2,1H3,(H,13,14). The van der Waals surface area contributed by atoms with Gasteiger partial charge in [0.05, 0.1) is 5.56 Å². The van der Waals surface area contributed by atoms with E-state index in [4.69, 9.17) is 10.2 Å². The molecule has 1 rings (SSSR count). The number of carboxylic acid groups (broad SMARTS) is 1. The van der Waals surface area contributed by atoms with E-state index in [0.29, 0.717) is 5.56 Å². The van der Waals surface area contributed by atoms with E-state index in [0.717, 1.165) is 22.6 Å². The second kappa shape index (κ2) is 5.78. The minimum atomic E-state index is -0.898. The number of carboxylic acids is 1. The van der Waals surface area contributed by atoms with Crippen molar-refractivity contribution >= 4 is 17.7 Å². The van der Waals surface area contributed by atoms with Crippen molar-refractivity contribution in [2.45, 2.75) is 18.2 Å². The third-order valence-corrected chi connectivity index (χ3v) is 3.24. The molecule has 3 nitrogen and oxygen atoms in total. The van der Waals surface area contributed by atoms with Crippen molar-refractivity contribution in [3.8, 4) is 0 Å². The Kier molecular flexibility index (Phi) is 4.65. The van der Waals surface area contributed by atoms with Crippen LogP contribution in [0.15, 0.2) is 23.1 Å². The maximum atomic E-state index is 10.7. The summed E-state index contributed by atoms with van der Waals surface area (Å²) in [5.41, 5.74) is 1.29. The fourth-order valence-electron chi connectivity index (χ4n) is 1.19. The predicted molar refractivity (Wildman–Crippen MR) is 60.6 cm³/mol. The van der Waals surface area contributed by atoms with Gasteiger partial charge in [-0.05, 0) is 37.1 Å². The van der Waals surface area contributed by atoms with E-state index in [1.807, 2.05) is 13.0 Å². The van der Waals surface area contributed by atoms with Crippen LogP contribution in [0.25, 0.3) is 0 Å².